The van der Waals surface area contributed by atoms with Gasteiger partial charge in [-0.25, -0.2) is 4.39 Å². The average Bonchev–Trinajstić information content (AvgIpc) is 3.20. The smallest absolute Gasteiger partial charge is 0.368 e. The van der Waals surface area contributed by atoms with E-state index >= 15 is 0 Å². The molecule has 33 heavy (non-hydrogen) atoms. The van der Waals surface area contributed by atoms with Crippen LogP contribution in [0.25, 0.3) is 0 Å². The third kappa shape index (κ3) is 5.44. The van der Waals surface area contributed by atoms with E-state index in [1.54, 1.807) is 5.32 Å². The van der Waals surface area contributed by atoms with E-state index in [0.717, 1.165) is 12.1 Å². The van der Waals surface area contributed by atoms with Gasteiger partial charge in [-0.2, -0.15) is 13.2 Å². The Hall–Kier alpha value is -2.73. The van der Waals surface area contributed by atoms with Gasteiger partial charge >= 0.3 is 6.18 Å². The molecule has 1 fully saturated rings. The van der Waals surface area contributed by atoms with E-state index in [1.165, 1.54) is 6.07 Å². The van der Waals surface area contributed by atoms with Crippen LogP contribution in [-0.4, -0.2) is 48.4 Å². The van der Waals surface area contributed by atoms with Crippen LogP contribution in [0.15, 0.2) is 23.2 Å². The molecule has 2 aliphatic rings. The number of carbonyl (C=O) groups is 3. The number of hydrogen-bond acceptors (Lipinski definition) is 5. The predicted octanol–water partition coefficient (Wildman–Crippen LogP) is 2.13. The molecule has 180 valence electrons. The summed E-state index contributed by atoms with van der Waals surface area (Å²) in [7, 11) is 0. The minimum absolute atomic E-state index is 0.0468. The standard InChI is InChI=1S/C20H22ClF4N5O3/c21-13-7-12(22)5-6-14(13)30-16(31)10-1-3-11(4-2-10)20(18(26)33)15(28-9-29-20)17(32)27-8-19(23,24)25/h5-7,10-11,29H,1-4,8-9H2,(H2,26,33)(H,27,32)(H,30,31). The van der Waals surface area contributed by atoms with E-state index in [9.17, 15) is 31.9 Å². The molecule has 1 atom stereocenters. The molecule has 1 aliphatic heterocycles. The Bertz CT molecular complexity index is 979. The van der Waals surface area contributed by atoms with E-state index in [4.69, 9.17) is 17.3 Å². The van der Waals surface area contributed by atoms with Gasteiger partial charge in [-0.05, 0) is 49.8 Å². The average molecular weight is 492 g/mol. The van der Waals surface area contributed by atoms with Crippen LogP contribution in [0.3, 0.4) is 0 Å². The molecule has 0 radical (unpaired) electrons. The summed E-state index contributed by atoms with van der Waals surface area (Å²) in [5.41, 5.74) is 3.74. The van der Waals surface area contributed by atoms with Crippen LogP contribution in [0.1, 0.15) is 25.7 Å². The number of primary amides is 1. The van der Waals surface area contributed by atoms with Crippen molar-refractivity contribution in [1.82, 2.24) is 10.6 Å². The Labute approximate surface area is 191 Å². The van der Waals surface area contributed by atoms with Crippen molar-refractivity contribution < 1.29 is 31.9 Å². The number of nitrogens with one attached hydrogen (secondary N) is 3. The molecule has 0 bridgehead atoms. The maximum absolute atomic E-state index is 13.2. The lowest BCUT2D eigenvalue weighted by Gasteiger charge is -2.39. The van der Waals surface area contributed by atoms with Crippen molar-refractivity contribution in [2.45, 2.75) is 37.4 Å². The number of hydrogen-bond donors (Lipinski definition) is 4. The number of benzene rings is 1. The third-order valence-electron chi connectivity index (χ3n) is 5.92. The fourth-order valence-electron chi connectivity index (χ4n) is 4.32. The Kier molecular flexibility index (Phi) is 7.27. The van der Waals surface area contributed by atoms with Gasteiger partial charge in [-0.15, -0.1) is 0 Å². The van der Waals surface area contributed by atoms with Crippen LogP contribution in [0.2, 0.25) is 5.02 Å². The number of halogens is 5. The highest BCUT2D eigenvalue weighted by atomic mass is 35.5. The summed E-state index contributed by atoms with van der Waals surface area (Å²) in [6.45, 7) is -1.72. The molecular weight excluding hydrogens is 470 g/mol. The molecule has 0 spiro atoms. The predicted molar refractivity (Wildman–Crippen MR) is 112 cm³/mol. The Balaban J connectivity index is 1.68. The van der Waals surface area contributed by atoms with E-state index in [1.807, 2.05) is 0 Å². The molecule has 0 aromatic heterocycles. The zero-order valence-electron chi connectivity index (χ0n) is 17.3. The third-order valence-corrected chi connectivity index (χ3v) is 6.23. The fraction of sp³-hybridized carbons (Fsp3) is 0.500. The number of nitrogens with two attached hydrogens (primary N) is 1. The van der Waals surface area contributed by atoms with Crippen molar-refractivity contribution in [2.24, 2.45) is 22.6 Å². The lowest BCUT2D eigenvalue weighted by atomic mass is 9.69. The quantitative estimate of drug-likeness (QED) is 0.455. The maximum Gasteiger partial charge on any atom is 0.405 e. The number of amides is 3. The monoisotopic (exact) mass is 491 g/mol. The molecule has 1 aromatic carbocycles. The largest absolute Gasteiger partial charge is 0.405 e. The highest BCUT2D eigenvalue weighted by Crippen LogP contribution is 2.38. The number of rotatable bonds is 6. The van der Waals surface area contributed by atoms with Crippen molar-refractivity contribution >= 4 is 40.7 Å². The zero-order chi connectivity index (χ0) is 24.4. The molecule has 13 heteroatoms. The van der Waals surface area contributed by atoms with E-state index < -0.39 is 47.7 Å². The van der Waals surface area contributed by atoms with Gasteiger partial charge in [0.2, 0.25) is 11.8 Å². The first-order valence-corrected chi connectivity index (χ1v) is 10.5. The minimum atomic E-state index is -4.63. The molecule has 0 saturated heterocycles. The van der Waals surface area contributed by atoms with Crippen molar-refractivity contribution in [3.63, 3.8) is 0 Å². The Morgan fingerprint density at radius 1 is 1.21 bits per heavy atom. The number of aliphatic imine (C=N–C) groups is 1. The van der Waals surface area contributed by atoms with Crippen LogP contribution in [0.5, 0.6) is 0 Å². The summed E-state index contributed by atoms with van der Waals surface area (Å²) >= 11 is 5.94. The van der Waals surface area contributed by atoms with Crippen molar-refractivity contribution in [3.05, 3.63) is 29.0 Å². The summed E-state index contributed by atoms with van der Waals surface area (Å²) in [6.07, 6.45) is -3.41. The van der Waals surface area contributed by atoms with Gasteiger partial charge in [0, 0.05) is 5.92 Å². The summed E-state index contributed by atoms with van der Waals surface area (Å²) in [6, 6.07) is 3.57. The molecule has 1 unspecified atom stereocenters. The maximum atomic E-state index is 13.2. The second-order valence-corrected chi connectivity index (χ2v) is 8.38. The first kappa shape index (κ1) is 24.9. The minimum Gasteiger partial charge on any atom is -0.368 e. The molecular formula is C20H22ClF4N5O3. The molecule has 3 rings (SSSR count). The summed E-state index contributed by atoms with van der Waals surface area (Å²) in [4.78, 5) is 41.4. The second-order valence-electron chi connectivity index (χ2n) is 7.97. The summed E-state index contributed by atoms with van der Waals surface area (Å²) in [5.74, 6) is -3.93. The van der Waals surface area contributed by atoms with Crippen molar-refractivity contribution in [2.75, 3.05) is 18.5 Å². The highest BCUT2D eigenvalue weighted by molar-refractivity contribution is 6.47. The normalized spacial score (nSPS) is 25.3. The Morgan fingerprint density at radius 2 is 1.88 bits per heavy atom. The van der Waals surface area contributed by atoms with Gasteiger partial charge in [0.25, 0.3) is 5.91 Å². The van der Waals surface area contributed by atoms with Gasteiger partial charge in [0.05, 0.1) is 17.4 Å². The number of nitrogens with zero attached hydrogens (tertiary/aromatic N) is 1. The number of alkyl halides is 3. The van der Waals surface area contributed by atoms with Crippen LogP contribution in [0, 0.1) is 17.7 Å². The molecule has 1 aromatic rings. The number of anilines is 1. The highest BCUT2D eigenvalue weighted by Gasteiger charge is 2.54. The van der Waals surface area contributed by atoms with Gasteiger partial charge < -0.3 is 16.4 Å². The second kappa shape index (κ2) is 9.64. The van der Waals surface area contributed by atoms with Crippen LogP contribution in [0.4, 0.5) is 23.2 Å². The van der Waals surface area contributed by atoms with Gasteiger partial charge in [-0.1, -0.05) is 11.6 Å². The van der Waals surface area contributed by atoms with Crippen molar-refractivity contribution in [3.8, 4) is 0 Å². The van der Waals surface area contributed by atoms with Crippen molar-refractivity contribution in [1.29, 1.82) is 0 Å². The van der Waals surface area contributed by atoms with Crippen LogP contribution < -0.4 is 21.7 Å². The van der Waals surface area contributed by atoms with E-state index in [0.29, 0.717) is 12.8 Å². The first-order chi connectivity index (χ1) is 15.4. The first-order valence-electron chi connectivity index (χ1n) is 10.1. The SMILES string of the molecule is NC(=O)C1(C2CCC(C(=O)Nc3ccc(F)cc3Cl)CC2)NCN=C1C(=O)NCC(F)(F)F. The van der Waals surface area contributed by atoms with E-state index in [-0.39, 0.29) is 41.8 Å². The molecule has 1 aliphatic carbocycles. The molecule has 1 saturated carbocycles. The Morgan fingerprint density at radius 3 is 2.45 bits per heavy atom. The molecule has 1 heterocycles. The van der Waals surface area contributed by atoms with E-state index in [2.05, 4.69) is 15.6 Å². The molecule has 3 amide bonds. The van der Waals surface area contributed by atoms with Gasteiger partial charge in [0.15, 0.2) is 0 Å². The molecule has 5 N–H and O–H groups in total. The summed E-state index contributed by atoms with van der Waals surface area (Å²) in [5, 5.41) is 7.21. The number of carbonyl (C=O) groups excluding carboxylic acids is 3. The topological polar surface area (TPSA) is 126 Å². The lowest BCUT2D eigenvalue weighted by Crippen LogP contribution is -2.66. The fourth-order valence-corrected chi connectivity index (χ4v) is 4.54. The summed E-state index contributed by atoms with van der Waals surface area (Å²) < 4.78 is 50.7. The zero-order valence-corrected chi connectivity index (χ0v) is 18.0. The van der Waals surface area contributed by atoms with Gasteiger partial charge in [0.1, 0.15) is 23.6 Å². The van der Waals surface area contributed by atoms with Crippen LogP contribution >= 0.6 is 11.6 Å². The van der Waals surface area contributed by atoms with Gasteiger partial charge in [-0.3, -0.25) is 24.7 Å². The lowest BCUT2D eigenvalue weighted by molar-refractivity contribution is -0.135. The van der Waals surface area contributed by atoms with Crippen LogP contribution in [-0.2, 0) is 14.4 Å². The molecule has 8 nitrogen and oxygen atoms in total.